The van der Waals surface area contributed by atoms with Gasteiger partial charge in [0.15, 0.2) is 0 Å². The van der Waals surface area contributed by atoms with Gasteiger partial charge in [0, 0.05) is 0 Å². The molecule has 0 radical (unpaired) electrons. The largest absolute Gasteiger partial charge is 0.471 e. The first kappa shape index (κ1) is 17.4. The number of rotatable bonds is 2. The van der Waals surface area contributed by atoms with Crippen molar-refractivity contribution < 1.29 is 48.6 Å². The summed E-state index contributed by atoms with van der Waals surface area (Å²) in [4.78, 5) is 0. The van der Waals surface area contributed by atoms with Gasteiger partial charge in [0.1, 0.15) is 17.1 Å². The first-order chi connectivity index (χ1) is 9.23. The monoisotopic (exact) mass is 330 g/mol. The van der Waals surface area contributed by atoms with Gasteiger partial charge in [-0.1, -0.05) is 0 Å². The number of hydrogen-bond donors (Lipinski definition) is 0. The first-order valence-corrected chi connectivity index (χ1v) is 4.90. The van der Waals surface area contributed by atoms with Crippen LogP contribution in [-0.4, -0.2) is 18.5 Å². The molecule has 1 aromatic carbocycles. The number of halogens is 10. The molecule has 0 aliphatic heterocycles. The van der Waals surface area contributed by atoms with Crippen LogP contribution in [0.3, 0.4) is 0 Å². The second-order valence-electron chi connectivity index (χ2n) is 3.72. The molecule has 21 heavy (non-hydrogen) atoms. The summed E-state index contributed by atoms with van der Waals surface area (Å²) in [5.74, 6) is -3.27. The quantitative estimate of drug-likeness (QED) is 0.713. The summed E-state index contributed by atoms with van der Waals surface area (Å²) in [6.45, 7) is 0. The molecule has 1 rings (SSSR count). The maximum Gasteiger partial charge on any atom is 0.434 e. The maximum absolute atomic E-state index is 12.7. The fraction of sp³-hybridized carbons (Fsp3) is 0.400. The summed E-state index contributed by atoms with van der Waals surface area (Å²) in [6.07, 6.45) is -21.8. The number of ether oxygens (including phenoxy) is 1. The molecule has 0 aromatic heterocycles. The normalized spacial score (nSPS) is 13.7. The molecule has 0 heterocycles. The molecule has 0 unspecified atom stereocenters. The highest BCUT2D eigenvalue weighted by atomic mass is 19.4. The third-order valence-corrected chi connectivity index (χ3v) is 2.09. The lowest BCUT2D eigenvalue weighted by molar-refractivity contribution is -0.300. The number of alkyl halides is 9. The summed E-state index contributed by atoms with van der Waals surface area (Å²) in [7, 11) is 0. The lowest BCUT2D eigenvalue weighted by atomic mass is 10.2. The molecule has 1 aromatic rings. The maximum atomic E-state index is 12.7. The lowest BCUT2D eigenvalue weighted by Crippen LogP contribution is -2.46. The van der Waals surface area contributed by atoms with Crippen molar-refractivity contribution in [2.75, 3.05) is 0 Å². The minimum absolute atomic E-state index is 0.0443. The Bertz CT molecular complexity index is 484. The number of hydrogen-bond acceptors (Lipinski definition) is 1. The van der Waals surface area contributed by atoms with E-state index in [-0.39, 0.29) is 18.2 Å². The Hall–Kier alpha value is -1.68. The van der Waals surface area contributed by atoms with E-state index in [0.29, 0.717) is 0 Å². The SMILES string of the molecule is Fc1ccc(OC(C(F)(F)F)C(F)(F)F)c(C(F)(F)F)c1. The fourth-order valence-electron chi connectivity index (χ4n) is 1.27. The molecule has 120 valence electrons. The van der Waals surface area contributed by atoms with Crippen LogP contribution in [0.5, 0.6) is 5.75 Å². The highest BCUT2D eigenvalue weighted by Gasteiger charge is 2.59. The van der Waals surface area contributed by atoms with Crippen molar-refractivity contribution in [3.63, 3.8) is 0 Å². The van der Waals surface area contributed by atoms with E-state index in [1.807, 2.05) is 0 Å². The Morgan fingerprint density at radius 1 is 0.810 bits per heavy atom. The van der Waals surface area contributed by atoms with Crippen LogP contribution < -0.4 is 4.74 Å². The standard InChI is InChI=1S/C10H4F10O/c11-4-1-2-6(5(3-4)8(12,13)14)21-7(9(15,16)17)10(18,19)20/h1-3,7H. The summed E-state index contributed by atoms with van der Waals surface area (Å²) in [5.41, 5.74) is -2.08. The molecule has 0 saturated heterocycles. The van der Waals surface area contributed by atoms with Crippen LogP contribution in [0, 0.1) is 5.82 Å². The van der Waals surface area contributed by atoms with Crippen LogP contribution in [-0.2, 0) is 6.18 Å². The molecule has 0 aliphatic rings. The molecule has 0 atom stereocenters. The molecular formula is C10H4F10O. The van der Waals surface area contributed by atoms with Gasteiger partial charge < -0.3 is 4.74 Å². The lowest BCUT2D eigenvalue weighted by Gasteiger charge is -2.25. The molecule has 0 fully saturated rings. The van der Waals surface area contributed by atoms with Crippen LogP contribution in [0.1, 0.15) is 5.56 Å². The Labute approximate surface area is 110 Å². The topological polar surface area (TPSA) is 9.23 Å². The van der Waals surface area contributed by atoms with Gasteiger partial charge in [-0.2, -0.15) is 39.5 Å². The van der Waals surface area contributed by atoms with E-state index in [1.165, 1.54) is 0 Å². The van der Waals surface area contributed by atoms with Crippen molar-refractivity contribution in [3.8, 4) is 5.75 Å². The van der Waals surface area contributed by atoms with Gasteiger partial charge in [0.25, 0.3) is 6.10 Å². The second kappa shape index (κ2) is 5.26. The van der Waals surface area contributed by atoms with E-state index in [9.17, 15) is 43.9 Å². The molecule has 0 amide bonds. The minimum Gasteiger partial charge on any atom is -0.471 e. The Morgan fingerprint density at radius 2 is 1.29 bits per heavy atom. The third kappa shape index (κ3) is 4.39. The van der Waals surface area contributed by atoms with Crippen LogP contribution in [0.15, 0.2) is 18.2 Å². The Morgan fingerprint density at radius 3 is 1.67 bits per heavy atom. The van der Waals surface area contributed by atoms with E-state index < -0.39 is 41.8 Å². The van der Waals surface area contributed by atoms with Crippen molar-refractivity contribution in [2.45, 2.75) is 24.6 Å². The molecule has 0 bridgehead atoms. The van der Waals surface area contributed by atoms with Gasteiger partial charge in [-0.3, -0.25) is 0 Å². The second-order valence-corrected chi connectivity index (χ2v) is 3.72. The smallest absolute Gasteiger partial charge is 0.434 e. The third-order valence-electron chi connectivity index (χ3n) is 2.09. The molecular weight excluding hydrogens is 326 g/mol. The van der Waals surface area contributed by atoms with Gasteiger partial charge >= 0.3 is 18.5 Å². The summed E-state index contributed by atoms with van der Waals surface area (Å²) < 4.78 is 127. The highest BCUT2D eigenvalue weighted by molar-refractivity contribution is 5.36. The predicted molar refractivity (Wildman–Crippen MR) is 47.9 cm³/mol. The van der Waals surface area contributed by atoms with Crippen molar-refractivity contribution in [1.82, 2.24) is 0 Å². The average Bonchev–Trinajstić information content (AvgIpc) is 2.22. The molecule has 0 aliphatic carbocycles. The fourth-order valence-corrected chi connectivity index (χ4v) is 1.27. The summed E-state index contributed by atoms with van der Waals surface area (Å²) in [5, 5.41) is 0. The zero-order valence-electron chi connectivity index (χ0n) is 9.50. The van der Waals surface area contributed by atoms with Gasteiger partial charge in [0.2, 0.25) is 0 Å². The van der Waals surface area contributed by atoms with E-state index in [1.54, 1.807) is 0 Å². The van der Waals surface area contributed by atoms with Crippen molar-refractivity contribution in [1.29, 1.82) is 0 Å². The zero-order chi connectivity index (χ0) is 16.6. The Kier molecular flexibility index (Phi) is 4.35. The van der Waals surface area contributed by atoms with Crippen molar-refractivity contribution >= 4 is 0 Å². The molecule has 0 spiro atoms. The Balaban J connectivity index is 3.29. The minimum atomic E-state index is -5.99. The van der Waals surface area contributed by atoms with Crippen molar-refractivity contribution in [2.24, 2.45) is 0 Å². The van der Waals surface area contributed by atoms with E-state index in [4.69, 9.17) is 0 Å². The van der Waals surface area contributed by atoms with Gasteiger partial charge in [0.05, 0.1) is 0 Å². The van der Waals surface area contributed by atoms with Gasteiger partial charge in [-0.15, -0.1) is 0 Å². The van der Waals surface area contributed by atoms with Crippen LogP contribution >= 0.6 is 0 Å². The number of benzene rings is 1. The van der Waals surface area contributed by atoms with Crippen molar-refractivity contribution in [3.05, 3.63) is 29.6 Å². The van der Waals surface area contributed by atoms with E-state index in [0.717, 1.165) is 0 Å². The average molecular weight is 330 g/mol. The van der Waals surface area contributed by atoms with Crippen LogP contribution in [0.2, 0.25) is 0 Å². The molecule has 11 heteroatoms. The zero-order valence-corrected chi connectivity index (χ0v) is 9.50. The van der Waals surface area contributed by atoms with Gasteiger partial charge in [-0.25, -0.2) is 4.39 Å². The van der Waals surface area contributed by atoms with Gasteiger partial charge in [-0.05, 0) is 18.2 Å². The summed E-state index contributed by atoms with van der Waals surface area (Å²) in [6, 6.07) is 0.0240. The first-order valence-electron chi connectivity index (χ1n) is 4.90. The van der Waals surface area contributed by atoms with Crippen LogP contribution in [0.25, 0.3) is 0 Å². The molecule has 0 N–H and O–H groups in total. The molecule has 0 saturated carbocycles. The molecule has 1 nitrogen and oxygen atoms in total. The van der Waals surface area contributed by atoms with Crippen LogP contribution in [0.4, 0.5) is 43.9 Å². The predicted octanol–water partition coefficient (Wildman–Crippen LogP) is 4.72. The van der Waals surface area contributed by atoms with E-state index in [2.05, 4.69) is 4.74 Å². The highest BCUT2D eigenvalue weighted by Crippen LogP contribution is 2.41. The van der Waals surface area contributed by atoms with E-state index >= 15 is 0 Å². The summed E-state index contributed by atoms with van der Waals surface area (Å²) >= 11 is 0.